The molecule has 0 aliphatic heterocycles. The zero-order valence-electron chi connectivity index (χ0n) is 15.4. The molecule has 144 valence electrons. The molecule has 0 aliphatic carbocycles. The van der Waals surface area contributed by atoms with Crippen molar-refractivity contribution in [1.29, 1.82) is 0 Å². The van der Waals surface area contributed by atoms with Crippen LogP contribution in [0.25, 0.3) is 0 Å². The van der Waals surface area contributed by atoms with Crippen LogP contribution in [0.15, 0.2) is 84.9 Å². The SMILES string of the molecule is O=C(CNC(=O)c1ccccc1)C(=O)c1ccccc1NC(=O)c1ccccc1. The van der Waals surface area contributed by atoms with Gasteiger partial charge in [0.2, 0.25) is 11.6 Å². The number of carbonyl (C=O) groups is 4. The first kappa shape index (κ1) is 19.7. The van der Waals surface area contributed by atoms with Crippen molar-refractivity contribution >= 4 is 29.1 Å². The molecule has 0 saturated carbocycles. The van der Waals surface area contributed by atoms with Crippen molar-refractivity contribution in [2.45, 2.75) is 0 Å². The number of Topliss-reactive ketones (excluding diaryl/α,β-unsaturated/α-hetero) is 2. The van der Waals surface area contributed by atoms with Crippen LogP contribution in [0, 0.1) is 0 Å². The molecular formula is C23H18N2O4. The first-order valence-corrected chi connectivity index (χ1v) is 8.92. The summed E-state index contributed by atoms with van der Waals surface area (Å²) in [7, 11) is 0. The van der Waals surface area contributed by atoms with E-state index in [0.29, 0.717) is 11.1 Å². The second-order valence-corrected chi connectivity index (χ2v) is 6.17. The maximum atomic E-state index is 12.6. The standard InChI is InChI=1S/C23H18N2O4/c26-20(15-24-22(28)16-9-3-1-4-10-16)21(27)18-13-7-8-14-19(18)25-23(29)17-11-5-2-6-12-17/h1-14H,15H2,(H,24,28)(H,25,29). The number of amides is 2. The highest BCUT2D eigenvalue weighted by Crippen LogP contribution is 2.17. The van der Waals surface area contributed by atoms with Gasteiger partial charge in [0.05, 0.1) is 12.2 Å². The van der Waals surface area contributed by atoms with E-state index < -0.39 is 29.9 Å². The number of rotatable bonds is 7. The highest BCUT2D eigenvalue weighted by atomic mass is 16.2. The van der Waals surface area contributed by atoms with Gasteiger partial charge in [-0.1, -0.05) is 48.5 Å². The Bertz CT molecular complexity index is 1050. The van der Waals surface area contributed by atoms with Gasteiger partial charge in [0.25, 0.3) is 11.8 Å². The molecule has 2 N–H and O–H groups in total. The molecular weight excluding hydrogens is 368 g/mol. The number of carbonyl (C=O) groups excluding carboxylic acids is 4. The van der Waals surface area contributed by atoms with Gasteiger partial charge in [-0.2, -0.15) is 0 Å². The van der Waals surface area contributed by atoms with Crippen LogP contribution in [0.1, 0.15) is 31.1 Å². The Morgan fingerprint density at radius 3 is 1.76 bits per heavy atom. The van der Waals surface area contributed by atoms with E-state index >= 15 is 0 Å². The maximum absolute atomic E-state index is 12.6. The van der Waals surface area contributed by atoms with Crippen LogP contribution in [0.5, 0.6) is 0 Å². The fourth-order valence-corrected chi connectivity index (χ4v) is 2.66. The van der Waals surface area contributed by atoms with E-state index in [1.165, 1.54) is 6.07 Å². The number of nitrogens with one attached hydrogen (secondary N) is 2. The molecule has 3 aromatic carbocycles. The van der Waals surface area contributed by atoms with Crippen molar-refractivity contribution in [3.05, 3.63) is 102 Å². The molecule has 6 heteroatoms. The van der Waals surface area contributed by atoms with E-state index in [1.807, 2.05) is 0 Å². The highest BCUT2D eigenvalue weighted by molar-refractivity contribution is 6.45. The third kappa shape index (κ3) is 5.01. The smallest absolute Gasteiger partial charge is 0.255 e. The Balaban J connectivity index is 1.68. The number of anilines is 1. The lowest BCUT2D eigenvalue weighted by molar-refractivity contribution is -0.114. The van der Waals surface area contributed by atoms with E-state index in [1.54, 1.807) is 78.9 Å². The van der Waals surface area contributed by atoms with Crippen LogP contribution in [0.3, 0.4) is 0 Å². The monoisotopic (exact) mass is 386 g/mol. The predicted octanol–water partition coefficient (Wildman–Crippen LogP) is 3.12. The third-order valence-electron chi connectivity index (χ3n) is 4.15. The zero-order valence-corrected chi connectivity index (χ0v) is 15.4. The molecule has 6 nitrogen and oxygen atoms in total. The van der Waals surface area contributed by atoms with Crippen LogP contribution in [-0.2, 0) is 4.79 Å². The molecule has 0 spiro atoms. The van der Waals surface area contributed by atoms with E-state index in [2.05, 4.69) is 10.6 Å². The van der Waals surface area contributed by atoms with Gasteiger partial charge in [0, 0.05) is 16.7 Å². The molecule has 0 aromatic heterocycles. The lowest BCUT2D eigenvalue weighted by Gasteiger charge is -2.10. The third-order valence-corrected chi connectivity index (χ3v) is 4.15. The Labute approximate surface area is 167 Å². The molecule has 0 radical (unpaired) electrons. The van der Waals surface area contributed by atoms with E-state index in [9.17, 15) is 19.2 Å². The van der Waals surface area contributed by atoms with Crippen LogP contribution in [0.2, 0.25) is 0 Å². The van der Waals surface area contributed by atoms with Crippen LogP contribution in [-0.4, -0.2) is 29.9 Å². The Hall–Kier alpha value is -4.06. The summed E-state index contributed by atoms with van der Waals surface area (Å²) < 4.78 is 0. The number of para-hydroxylation sites is 1. The quantitative estimate of drug-likeness (QED) is 0.482. The fraction of sp³-hybridized carbons (Fsp3) is 0.0435. The summed E-state index contributed by atoms with van der Waals surface area (Å²) in [6.07, 6.45) is 0. The molecule has 3 rings (SSSR count). The average Bonchev–Trinajstić information content (AvgIpc) is 2.78. The van der Waals surface area contributed by atoms with Crippen molar-refractivity contribution in [2.75, 3.05) is 11.9 Å². The first-order chi connectivity index (χ1) is 14.1. The summed E-state index contributed by atoms with van der Waals surface area (Å²) in [6.45, 7) is -0.437. The predicted molar refractivity (Wildman–Crippen MR) is 109 cm³/mol. The Morgan fingerprint density at radius 2 is 1.14 bits per heavy atom. The summed E-state index contributed by atoms with van der Waals surface area (Å²) >= 11 is 0. The van der Waals surface area contributed by atoms with Gasteiger partial charge in [0.15, 0.2) is 0 Å². The minimum atomic E-state index is -0.790. The lowest BCUT2D eigenvalue weighted by atomic mass is 10.0. The summed E-state index contributed by atoms with van der Waals surface area (Å²) in [6, 6.07) is 23.2. The molecule has 3 aromatic rings. The molecule has 29 heavy (non-hydrogen) atoms. The van der Waals surface area contributed by atoms with Crippen molar-refractivity contribution in [3.63, 3.8) is 0 Å². The van der Waals surface area contributed by atoms with E-state index in [4.69, 9.17) is 0 Å². The van der Waals surface area contributed by atoms with Gasteiger partial charge in [-0.25, -0.2) is 0 Å². The minimum Gasteiger partial charge on any atom is -0.344 e. The molecule has 0 fully saturated rings. The number of hydrogen-bond donors (Lipinski definition) is 2. The molecule has 0 saturated heterocycles. The Morgan fingerprint density at radius 1 is 0.621 bits per heavy atom. The van der Waals surface area contributed by atoms with Gasteiger partial charge in [-0.3, -0.25) is 19.2 Å². The van der Waals surface area contributed by atoms with Crippen molar-refractivity contribution < 1.29 is 19.2 Å². The van der Waals surface area contributed by atoms with E-state index in [0.717, 1.165) is 0 Å². The lowest BCUT2D eigenvalue weighted by Crippen LogP contribution is -2.33. The maximum Gasteiger partial charge on any atom is 0.255 e. The summed E-state index contributed by atoms with van der Waals surface area (Å²) in [5, 5.41) is 5.09. The van der Waals surface area contributed by atoms with E-state index in [-0.39, 0.29) is 11.3 Å². The average molecular weight is 386 g/mol. The number of hydrogen-bond acceptors (Lipinski definition) is 4. The first-order valence-electron chi connectivity index (χ1n) is 8.92. The van der Waals surface area contributed by atoms with Crippen LogP contribution in [0.4, 0.5) is 5.69 Å². The van der Waals surface area contributed by atoms with Gasteiger partial charge in [-0.05, 0) is 36.4 Å². The zero-order chi connectivity index (χ0) is 20.6. The molecule has 2 amide bonds. The molecule has 0 bridgehead atoms. The number of benzene rings is 3. The highest BCUT2D eigenvalue weighted by Gasteiger charge is 2.21. The van der Waals surface area contributed by atoms with Crippen molar-refractivity contribution in [1.82, 2.24) is 5.32 Å². The van der Waals surface area contributed by atoms with Crippen LogP contribution >= 0.6 is 0 Å². The van der Waals surface area contributed by atoms with Crippen LogP contribution < -0.4 is 10.6 Å². The van der Waals surface area contributed by atoms with Crippen molar-refractivity contribution in [3.8, 4) is 0 Å². The largest absolute Gasteiger partial charge is 0.344 e. The second-order valence-electron chi connectivity index (χ2n) is 6.17. The Kier molecular flexibility index (Phi) is 6.27. The molecule has 0 unspecified atom stereocenters. The van der Waals surface area contributed by atoms with Gasteiger partial charge in [-0.15, -0.1) is 0 Å². The van der Waals surface area contributed by atoms with Crippen molar-refractivity contribution in [2.24, 2.45) is 0 Å². The summed E-state index contributed by atoms with van der Waals surface area (Å²) in [5.41, 5.74) is 1.12. The minimum absolute atomic E-state index is 0.0655. The van der Waals surface area contributed by atoms with Gasteiger partial charge in [0.1, 0.15) is 0 Å². The second kappa shape index (κ2) is 9.23. The summed E-state index contributed by atoms with van der Waals surface area (Å²) in [4.78, 5) is 49.3. The molecule has 0 heterocycles. The molecule has 0 aliphatic rings. The van der Waals surface area contributed by atoms with Gasteiger partial charge >= 0.3 is 0 Å². The molecule has 0 atom stereocenters. The van der Waals surface area contributed by atoms with Gasteiger partial charge < -0.3 is 10.6 Å². The number of ketones is 2. The topological polar surface area (TPSA) is 92.3 Å². The summed E-state index contributed by atoms with van der Waals surface area (Å²) in [5.74, 6) is -2.41. The normalized spacial score (nSPS) is 10.1. The fourth-order valence-electron chi connectivity index (χ4n) is 2.66.